The molecular formula is C17H21F3N2O6S. The van der Waals surface area contributed by atoms with Crippen LogP contribution in [0.5, 0.6) is 0 Å². The summed E-state index contributed by atoms with van der Waals surface area (Å²) in [6, 6.07) is 2.71. The van der Waals surface area contributed by atoms with Crippen LogP contribution >= 0.6 is 0 Å². The first-order chi connectivity index (χ1) is 13.1. The minimum Gasteiger partial charge on any atom is -0.478 e. The molecule has 1 fully saturated rings. The van der Waals surface area contributed by atoms with E-state index >= 15 is 0 Å². The fourth-order valence-electron chi connectivity index (χ4n) is 3.02. The lowest BCUT2D eigenvalue weighted by molar-refractivity contribution is -0.251. The normalized spacial score (nSPS) is 23.5. The molecule has 1 saturated heterocycles. The van der Waals surface area contributed by atoms with Crippen molar-refractivity contribution in [3.63, 3.8) is 0 Å². The molecule has 0 aromatic heterocycles. The van der Waals surface area contributed by atoms with E-state index in [-0.39, 0.29) is 23.5 Å². The Morgan fingerprint density at radius 2 is 1.59 bits per heavy atom. The lowest BCUT2D eigenvalue weighted by atomic mass is 10.0. The van der Waals surface area contributed by atoms with Gasteiger partial charge in [-0.2, -0.15) is 17.5 Å². The number of carboxylic acid groups (broad SMARTS) is 1. The van der Waals surface area contributed by atoms with Gasteiger partial charge in [0, 0.05) is 25.2 Å². The Bertz CT molecular complexity index is 899. The van der Waals surface area contributed by atoms with Gasteiger partial charge in [0.1, 0.15) is 0 Å². The predicted octanol–water partition coefficient (Wildman–Crippen LogP) is 1.31. The first-order valence-electron chi connectivity index (χ1n) is 8.56. The summed E-state index contributed by atoms with van der Waals surface area (Å²) in [6.45, 7) is 2.53. The second-order valence-electron chi connectivity index (χ2n) is 7.13. The quantitative estimate of drug-likeness (QED) is 0.733. The van der Waals surface area contributed by atoms with Crippen LogP contribution in [0.4, 0.5) is 13.2 Å². The minimum absolute atomic E-state index is 0.102. The topological polar surface area (TPSA) is 115 Å². The van der Waals surface area contributed by atoms with Crippen molar-refractivity contribution in [2.45, 2.75) is 49.5 Å². The van der Waals surface area contributed by atoms with E-state index in [0.717, 1.165) is 33.5 Å². The Morgan fingerprint density at radius 1 is 1.07 bits per heavy atom. The Labute approximate surface area is 165 Å². The van der Waals surface area contributed by atoms with Crippen molar-refractivity contribution in [1.82, 2.24) is 9.21 Å². The summed E-state index contributed by atoms with van der Waals surface area (Å²) in [7, 11) is -4.08. The van der Waals surface area contributed by atoms with Gasteiger partial charge in [-0.1, -0.05) is 0 Å². The van der Waals surface area contributed by atoms with Gasteiger partial charge in [0.15, 0.2) is 0 Å². The van der Waals surface area contributed by atoms with E-state index in [4.69, 9.17) is 5.11 Å². The lowest BCUT2D eigenvalue weighted by Crippen LogP contribution is -2.65. The van der Waals surface area contributed by atoms with Crippen LogP contribution in [-0.4, -0.2) is 76.7 Å². The number of amides is 1. The highest BCUT2D eigenvalue weighted by Crippen LogP contribution is 2.34. The molecule has 2 rings (SSSR count). The van der Waals surface area contributed by atoms with Gasteiger partial charge in [-0.3, -0.25) is 4.79 Å². The maximum absolute atomic E-state index is 13.0. The van der Waals surface area contributed by atoms with E-state index in [1.165, 1.54) is 13.8 Å². The minimum atomic E-state index is -5.18. The van der Waals surface area contributed by atoms with E-state index in [0.29, 0.717) is 6.92 Å². The van der Waals surface area contributed by atoms with E-state index in [9.17, 15) is 36.3 Å². The van der Waals surface area contributed by atoms with Crippen LogP contribution in [0.1, 0.15) is 31.1 Å². The van der Waals surface area contributed by atoms with Gasteiger partial charge in [-0.15, -0.1) is 0 Å². The highest BCUT2D eigenvalue weighted by atomic mass is 32.2. The van der Waals surface area contributed by atoms with Crippen molar-refractivity contribution >= 4 is 21.9 Å². The van der Waals surface area contributed by atoms with E-state index in [1.807, 2.05) is 0 Å². The number of halogens is 3. The van der Waals surface area contributed by atoms with Crippen LogP contribution < -0.4 is 0 Å². The van der Waals surface area contributed by atoms with Crippen LogP contribution in [-0.2, 0) is 14.8 Å². The molecule has 0 aliphatic carbocycles. The first-order valence-corrected chi connectivity index (χ1v) is 10.00. The van der Waals surface area contributed by atoms with Gasteiger partial charge in [0.2, 0.25) is 15.6 Å². The standard InChI is InChI=1S/C17H21F3N2O6S/c1-10-9-22(29(27,28)13-6-4-12(5-7-13)14(23)24)11(2)8-21(10)15(25)16(3,26)17(18,19)20/h4-7,10-11,26H,8-9H2,1-3H3,(H,23,24)/t10-,11+,16+/m0/s1. The molecule has 0 radical (unpaired) electrons. The summed E-state index contributed by atoms with van der Waals surface area (Å²) in [4.78, 5) is 23.8. The number of hydrogen-bond acceptors (Lipinski definition) is 5. The molecular weight excluding hydrogens is 417 g/mol. The second kappa shape index (κ2) is 7.58. The number of nitrogens with zero attached hydrogens (tertiary/aromatic N) is 2. The molecule has 1 amide bonds. The highest BCUT2D eigenvalue weighted by Gasteiger charge is 2.58. The van der Waals surface area contributed by atoms with Gasteiger partial charge in [0.25, 0.3) is 5.91 Å². The predicted molar refractivity (Wildman–Crippen MR) is 94.6 cm³/mol. The zero-order valence-electron chi connectivity index (χ0n) is 15.8. The van der Waals surface area contributed by atoms with Crippen molar-refractivity contribution in [2.75, 3.05) is 13.1 Å². The highest BCUT2D eigenvalue weighted by molar-refractivity contribution is 7.89. The fourth-order valence-corrected chi connectivity index (χ4v) is 4.72. The molecule has 12 heteroatoms. The van der Waals surface area contributed by atoms with Gasteiger partial charge in [-0.25, -0.2) is 13.2 Å². The molecule has 1 aliphatic rings. The largest absolute Gasteiger partial charge is 0.478 e. The number of aliphatic hydroxyl groups is 1. The van der Waals surface area contributed by atoms with E-state index < -0.39 is 45.8 Å². The number of rotatable bonds is 4. The number of carbonyl (C=O) groups is 2. The van der Waals surface area contributed by atoms with Crippen molar-refractivity contribution in [2.24, 2.45) is 0 Å². The molecule has 1 aliphatic heterocycles. The molecule has 0 bridgehead atoms. The van der Waals surface area contributed by atoms with Gasteiger partial charge in [0.05, 0.1) is 10.5 Å². The zero-order valence-corrected chi connectivity index (χ0v) is 16.7. The van der Waals surface area contributed by atoms with Gasteiger partial charge < -0.3 is 15.1 Å². The Hall–Kier alpha value is -2.18. The summed E-state index contributed by atoms with van der Waals surface area (Å²) in [5.41, 5.74) is -3.69. The second-order valence-corrected chi connectivity index (χ2v) is 9.02. The number of carbonyl (C=O) groups excluding carboxylic acids is 1. The van der Waals surface area contributed by atoms with Crippen LogP contribution in [0.2, 0.25) is 0 Å². The average molecular weight is 438 g/mol. The van der Waals surface area contributed by atoms with Crippen LogP contribution in [0.25, 0.3) is 0 Å². The number of alkyl halides is 3. The Balaban J connectivity index is 2.27. The van der Waals surface area contributed by atoms with Crippen molar-refractivity contribution < 1.29 is 41.4 Å². The molecule has 0 saturated carbocycles. The molecule has 8 nitrogen and oxygen atoms in total. The average Bonchev–Trinajstić information content (AvgIpc) is 2.61. The lowest BCUT2D eigenvalue weighted by Gasteiger charge is -2.45. The molecule has 1 aromatic carbocycles. The summed E-state index contributed by atoms with van der Waals surface area (Å²) in [5.74, 6) is -2.77. The number of benzene rings is 1. The van der Waals surface area contributed by atoms with Crippen molar-refractivity contribution in [1.29, 1.82) is 0 Å². The van der Waals surface area contributed by atoms with Crippen molar-refractivity contribution in [3.8, 4) is 0 Å². The monoisotopic (exact) mass is 438 g/mol. The van der Waals surface area contributed by atoms with Crippen molar-refractivity contribution in [3.05, 3.63) is 29.8 Å². The summed E-state index contributed by atoms with van der Waals surface area (Å²) in [6.07, 6.45) is -5.18. The third-order valence-electron chi connectivity index (χ3n) is 4.87. The SMILES string of the molecule is C[C@@H]1CN(C(=O)[C@@](C)(O)C(F)(F)F)[C@@H](C)CN1S(=O)(=O)c1ccc(C(=O)O)cc1. The molecule has 162 valence electrons. The third-order valence-corrected chi connectivity index (χ3v) is 6.86. The maximum Gasteiger partial charge on any atom is 0.426 e. The number of hydrogen-bond donors (Lipinski definition) is 2. The van der Waals surface area contributed by atoms with Crippen LogP contribution in [0.15, 0.2) is 29.2 Å². The van der Waals surface area contributed by atoms with Gasteiger partial charge >= 0.3 is 12.1 Å². The van der Waals surface area contributed by atoms with Gasteiger partial charge in [-0.05, 0) is 45.0 Å². The molecule has 3 atom stereocenters. The molecule has 29 heavy (non-hydrogen) atoms. The Kier molecular flexibility index (Phi) is 6.04. The first kappa shape index (κ1) is 23.1. The van der Waals surface area contributed by atoms with Crippen LogP contribution in [0.3, 0.4) is 0 Å². The van der Waals surface area contributed by atoms with E-state index in [2.05, 4.69) is 0 Å². The number of piperazine rings is 1. The summed E-state index contributed by atoms with van der Waals surface area (Å²) >= 11 is 0. The summed E-state index contributed by atoms with van der Waals surface area (Å²) in [5, 5.41) is 18.6. The number of sulfonamides is 1. The summed E-state index contributed by atoms with van der Waals surface area (Å²) < 4.78 is 65.8. The van der Waals surface area contributed by atoms with E-state index in [1.54, 1.807) is 0 Å². The molecule has 2 N–H and O–H groups in total. The molecule has 1 aromatic rings. The fraction of sp³-hybridized carbons (Fsp3) is 0.529. The Morgan fingerprint density at radius 3 is 2.03 bits per heavy atom. The smallest absolute Gasteiger partial charge is 0.426 e. The molecule has 1 heterocycles. The maximum atomic E-state index is 13.0. The third kappa shape index (κ3) is 4.23. The molecule has 0 unspecified atom stereocenters. The zero-order chi connectivity index (χ0) is 22.4. The molecule has 0 spiro atoms. The number of carboxylic acids is 1. The van der Waals surface area contributed by atoms with Crippen LogP contribution in [0, 0.1) is 0 Å². The number of aromatic carboxylic acids is 1.